The lowest BCUT2D eigenvalue weighted by Crippen LogP contribution is -2.49. The summed E-state index contributed by atoms with van der Waals surface area (Å²) in [6.07, 6.45) is 6.76. The zero-order valence-corrected chi connectivity index (χ0v) is 14.6. The molecule has 0 atom stereocenters. The third-order valence-corrected chi connectivity index (χ3v) is 4.54. The van der Waals surface area contributed by atoms with Crippen molar-refractivity contribution in [1.82, 2.24) is 24.4 Å². The topological polar surface area (TPSA) is 90.9 Å². The minimum atomic E-state index is -0.0476. The number of carbonyl (C=O) groups excluding carboxylic acids is 1. The number of aromatic nitrogens is 4. The van der Waals surface area contributed by atoms with Crippen LogP contribution in [0.1, 0.15) is 15.9 Å². The Morgan fingerprint density at radius 1 is 1.07 bits per heavy atom. The van der Waals surface area contributed by atoms with E-state index in [1.165, 1.54) is 6.33 Å². The minimum Gasteiger partial charge on any atom is -0.353 e. The van der Waals surface area contributed by atoms with Crippen molar-refractivity contribution in [3.63, 3.8) is 0 Å². The van der Waals surface area contributed by atoms with Crippen molar-refractivity contribution in [2.24, 2.45) is 0 Å². The van der Waals surface area contributed by atoms with E-state index in [4.69, 9.17) is 5.26 Å². The molecular formula is C19H17N7O. The maximum Gasteiger partial charge on any atom is 0.254 e. The third-order valence-electron chi connectivity index (χ3n) is 4.54. The van der Waals surface area contributed by atoms with Gasteiger partial charge in [-0.1, -0.05) is 6.07 Å². The van der Waals surface area contributed by atoms with Gasteiger partial charge < -0.3 is 9.80 Å². The number of anilines is 1. The maximum atomic E-state index is 12.7. The molecule has 1 aliphatic heterocycles. The summed E-state index contributed by atoms with van der Waals surface area (Å²) < 4.78 is 1.83. The van der Waals surface area contributed by atoms with Crippen molar-refractivity contribution in [1.29, 1.82) is 5.26 Å². The van der Waals surface area contributed by atoms with Gasteiger partial charge in [0.15, 0.2) is 0 Å². The molecule has 2 aromatic heterocycles. The van der Waals surface area contributed by atoms with Crippen LogP contribution in [0.25, 0.3) is 5.82 Å². The lowest BCUT2D eigenvalue weighted by Gasteiger charge is -2.35. The van der Waals surface area contributed by atoms with E-state index in [0.717, 1.165) is 11.6 Å². The molecule has 1 fully saturated rings. The second-order valence-electron chi connectivity index (χ2n) is 6.18. The van der Waals surface area contributed by atoms with Crippen molar-refractivity contribution >= 4 is 11.7 Å². The Bertz CT molecular complexity index is 985. The number of carbonyl (C=O) groups is 1. The first-order valence-electron chi connectivity index (χ1n) is 8.59. The zero-order chi connectivity index (χ0) is 18.6. The molecule has 1 saturated heterocycles. The van der Waals surface area contributed by atoms with E-state index in [1.54, 1.807) is 36.8 Å². The van der Waals surface area contributed by atoms with E-state index < -0.39 is 0 Å². The molecule has 4 rings (SSSR count). The van der Waals surface area contributed by atoms with Gasteiger partial charge in [-0.2, -0.15) is 5.26 Å². The zero-order valence-electron chi connectivity index (χ0n) is 14.6. The van der Waals surface area contributed by atoms with Gasteiger partial charge in [0.05, 0.1) is 11.6 Å². The summed E-state index contributed by atoms with van der Waals surface area (Å²) in [5.74, 6) is 1.53. The SMILES string of the molecule is N#Cc1cccc(C(=O)N2CCN(c3cc(-n4ccnc4)ncn3)CC2)c1. The fraction of sp³-hybridized carbons (Fsp3) is 0.211. The van der Waals surface area contributed by atoms with E-state index in [9.17, 15) is 4.79 Å². The molecule has 3 heterocycles. The van der Waals surface area contributed by atoms with Crippen LogP contribution in [-0.4, -0.2) is 56.5 Å². The van der Waals surface area contributed by atoms with Crippen molar-refractivity contribution in [3.8, 4) is 11.9 Å². The summed E-state index contributed by atoms with van der Waals surface area (Å²) in [6.45, 7) is 2.56. The number of rotatable bonds is 3. The Morgan fingerprint density at radius 3 is 2.63 bits per heavy atom. The summed E-state index contributed by atoms with van der Waals surface area (Å²) >= 11 is 0. The normalized spacial score (nSPS) is 14.0. The van der Waals surface area contributed by atoms with E-state index in [2.05, 4.69) is 25.9 Å². The smallest absolute Gasteiger partial charge is 0.254 e. The van der Waals surface area contributed by atoms with Crippen LogP contribution in [0.3, 0.4) is 0 Å². The van der Waals surface area contributed by atoms with Crippen molar-refractivity contribution in [3.05, 3.63) is 66.5 Å². The Balaban J connectivity index is 1.44. The predicted molar refractivity (Wildman–Crippen MR) is 98.4 cm³/mol. The van der Waals surface area contributed by atoms with E-state index >= 15 is 0 Å². The van der Waals surface area contributed by atoms with Gasteiger partial charge in [0.25, 0.3) is 5.91 Å². The van der Waals surface area contributed by atoms with Crippen LogP contribution in [0.5, 0.6) is 0 Å². The van der Waals surface area contributed by atoms with Crippen LogP contribution in [0.4, 0.5) is 5.82 Å². The lowest BCUT2D eigenvalue weighted by molar-refractivity contribution is 0.0746. The number of imidazole rings is 1. The predicted octanol–water partition coefficient (Wildman–Crippen LogP) is 1.50. The highest BCUT2D eigenvalue weighted by Gasteiger charge is 2.23. The number of nitriles is 1. The number of piperazine rings is 1. The summed E-state index contributed by atoms with van der Waals surface area (Å²) in [5.41, 5.74) is 1.04. The largest absolute Gasteiger partial charge is 0.353 e. The molecule has 27 heavy (non-hydrogen) atoms. The highest BCUT2D eigenvalue weighted by molar-refractivity contribution is 5.94. The van der Waals surface area contributed by atoms with E-state index in [0.29, 0.717) is 37.3 Å². The Hall–Kier alpha value is -3.73. The molecule has 0 saturated carbocycles. The molecule has 0 unspecified atom stereocenters. The third kappa shape index (κ3) is 3.48. The molecule has 0 bridgehead atoms. The standard InChI is InChI=1S/C19H17N7O/c20-12-15-2-1-3-16(10-15)19(27)25-8-6-24(7-9-25)17-11-18(23-13-22-17)26-5-4-21-14-26/h1-5,10-11,13-14H,6-9H2. The molecule has 0 radical (unpaired) electrons. The quantitative estimate of drug-likeness (QED) is 0.704. The molecule has 0 aliphatic carbocycles. The average Bonchev–Trinajstić information content (AvgIpc) is 3.28. The first kappa shape index (κ1) is 16.7. The van der Waals surface area contributed by atoms with Gasteiger partial charge in [-0.25, -0.2) is 15.0 Å². The molecule has 1 aliphatic rings. The Morgan fingerprint density at radius 2 is 1.89 bits per heavy atom. The highest BCUT2D eigenvalue weighted by atomic mass is 16.2. The van der Waals surface area contributed by atoms with Crippen molar-refractivity contribution in [2.75, 3.05) is 31.1 Å². The molecular weight excluding hydrogens is 342 g/mol. The first-order chi connectivity index (χ1) is 13.2. The van der Waals surface area contributed by atoms with Crippen LogP contribution in [-0.2, 0) is 0 Å². The van der Waals surface area contributed by atoms with Crippen LogP contribution < -0.4 is 4.90 Å². The second-order valence-corrected chi connectivity index (χ2v) is 6.18. The summed E-state index contributed by atoms with van der Waals surface area (Å²) in [5, 5.41) is 9.01. The van der Waals surface area contributed by atoms with Gasteiger partial charge in [0.1, 0.15) is 24.3 Å². The fourth-order valence-electron chi connectivity index (χ4n) is 3.09. The summed E-state index contributed by atoms with van der Waals surface area (Å²) in [7, 11) is 0. The van der Waals surface area contributed by atoms with Gasteiger partial charge >= 0.3 is 0 Å². The molecule has 8 heteroatoms. The van der Waals surface area contributed by atoms with E-state index in [1.807, 2.05) is 21.7 Å². The number of nitrogens with zero attached hydrogens (tertiary/aromatic N) is 7. The molecule has 0 spiro atoms. The van der Waals surface area contributed by atoms with Crippen LogP contribution in [0.2, 0.25) is 0 Å². The molecule has 3 aromatic rings. The van der Waals surface area contributed by atoms with Crippen LogP contribution in [0, 0.1) is 11.3 Å². The summed E-state index contributed by atoms with van der Waals surface area (Å²) in [6, 6.07) is 10.8. The Labute approximate surface area is 156 Å². The van der Waals surface area contributed by atoms with Gasteiger partial charge in [0, 0.05) is 50.2 Å². The van der Waals surface area contributed by atoms with Crippen molar-refractivity contribution < 1.29 is 4.79 Å². The molecule has 1 aromatic carbocycles. The fourth-order valence-corrected chi connectivity index (χ4v) is 3.09. The Kier molecular flexibility index (Phi) is 4.49. The average molecular weight is 359 g/mol. The molecule has 8 nitrogen and oxygen atoms in total. The minimum absolute atomic E-state index is 0.0476. The number of hydrogen-bond donors (Lipinski definition) is 0. The molecule has 1 amide bonds. The first-order valence-corrected chi connectivity index (χ1v) is 8.59. The van der Waals surface area contributed by atoms with Crippen LogP contribution in [0.15, 0.2) is 55.4 Å². The van der Waals surface area contributed by atoms with Gasteiger partial charge in [-0.05, 0) is 18.2 Å². The second kappa shape index (κ2) is 7.25. The van der Waals surface area contributed by atoms with E-state index in [-0.39, 0.29) is 5.91 Å². The van der Waals surface area contributed by atoms with Gasteiger partial charge in [0.2, 0.25) is 0 Å². The number of benzene rings is 1. The monoisotopic (exact) mass is 359 g/mol. The molecule has 0 N–H and O–H groups in total. The lowest BCUT2D eigenvalue weighted by atomic mass is 10.1. The number of amides is 1. The van der Waals surface area contributed by atoms with Gasteiger partial charge in [-0.3, -0.25) is 9.36 Å². The highest BCUT2D eigenvalue weighted by Crippen LogP contribution is 2.17. The summed E-state index contributed by atoms with van der Waals surface area (Å²) in [4.78, 5) is 29.3. The number of hydrogen-bond acceptors (Lipinski definition) is 6. The van der Waals surface area contributed by atoms with Gasteiger partial charge in [-0.15, -0.1) is 0 Å². The maximum absolute atomic E-state index is 12.7. The van der Waals surface area contributed by atoms with Crippen LogP contribution >= 0.6 is 0 Å². The van der Waals surface area contributed by atoms with Crippen molar-refractivity contribution in [2.45, 2.75) is 0 Å². The molecule has 134 valence electrons.